The first-order valence-electron chi connectivity index (χ1n) is 6.52. The van der Waals surface area contributed by atoms with E-state index in [0.717, 1.165) is 12.0 Å². The van der Waals surface area contributed by atoms with E-state index in [1.165, 1.54) is 5.56 Å². The molecule has 1 aromatic carbocycles. The van der Waals surface area contributed by atoms with Crippen molar-refractivity contribution in [2.24, 2.45) is 0 Å². The molecule has 2 heterocycles. The number of aryl methyl sites for hydroxylation is 1. The number of benzene rings is 1. The highest BCUT2D eigenvalue weighted by Gasteiger charge is 2.24. The molecule has 98 valence electrons. The van der Waals surface area contributed by atoms with E-state index in [1.54, 1.807) is 12.3 Å². The largest absolute Gasteiger partial charge is 0.469 e. The average Bonchev–Trinajstić information content (AvgIpc) is 2.85. The van der Waals surface area contributed by atoms with Gasteiger partial charge in [-0.3, -0.25) is 4.79 Å². The summed E-state index contributed by atoms with van der Waals surface area (Å²) >= 11 is 0. The van der Waals surface area contributed by atoms with Gasteiger partial charge in [0, 0.05) is 6.42 Å². The molecule has 0 bridgehead atoms. The maximum atomic E-state index is 12.3. The van der Waals surface area contributed by atoms with Gasteiger partial charge in [-0.05, 0) is 30.5 Å². The normalized spacial score (nSPS) is 18.1. The average molecular weight is 256 g/mol. The lowest BCUT2D eigenvalue weighted by molar-refractivity contribution is 0.0351. The molecule has 0 saturated heterocycles. The summed E-state index contributed by atoms with van der Waals surface area (Å²) in [6.07, 6.45) is 2.72. The van der Waals surface area contributed by atoms with Crippen LogP contribution in [0.4, 0.5) is 0 Å². The maximum Gasteiger partial charge on any atom is 0.169 e. The van der Waals surface area contributed by atoms with Crippen molar-refractivity contribution in [2.75, 3.05) is 6.61 Å². The van der Waals surface area contributed by atoms with Crippen LogP contribution in [0.5, 0.6) is 0 Å². The fraction of sp³-hybridized carbons (Fsp3) is 0.312. The Morgan fingerprint density at radius 1 is 1.32 bits per heavy atom. The van der Waals surface area contributed by atoms with Crippen LogP contribution < -0.4 is 0 Å². The molecule has 0 fully saturated rings. The predicted octanol–water partition coefficient (Wildman–Crippen LogP) is 3.47. The smallest absolute Gasteiger partial charge is 0.169 e. The zero-order chi connectivity index (χ0) is 13.2. The highest BCUT2D eigenvalue weighted by molar-refractivity contribution is 5.97. The van der Waals surface area contributed by atoms with Gasteiger partial charge in [0.05, 0.1) is 24.5 Å². The summed E-state index contributed by atoms with van der Waals surface area (Å²) < 4.78 is 10.9. The molecule has 3 heteroatoms. The van der Waals surface area contributed by atoms with Crippen LogP contribution in [-0.4, -0.2) is 12.4 Å². The first-order chi connectivity index (χ1) is 9.25. The quantitative estimate of drug-likeness (QED) is 0.789. The van der Waals surface area contributed by atoms with Crippen LogP contribution in [-0.2, 0) is 11.2 Å². The molecule has 3 nitrogen and oxygen atoms in total. The van der Waals surface area contributed by atoms with E-state index in [0.29, 0.717) is 24.4 Å². The van der Waals surface area contributed by atoms with Crippen LogP contribution in [0, 0.1) is 6.92 Å². The van der Waals surface area contributed by atoms with Crippen molar-refractivity contribution < 1.29 is 13.9 Å². The van der Waals surface area contributed by atoms with Gasteiger partial charge in [0.2, 0.25) is 0 Å². The van der Waals surface area contributed by atoms with E-state index in [9.17, 15) is 4.79 Å². The third-order valence-corrected chi connectivity index (χ3v) is 3.62. The summed E-state index contributed by atoms with van der Waals surface area (Å²) in [4.78, 5) is 12.3. The van der Waals surface area contributed by atoms with Crippen molar-refractivity contribution in [3.63, 3.8) is 0 Å². The van der Waals surface area contributed by atoms with E-state index >= 15 is 0 Å². The van der Waals surface area contributed by atoms with Gasteiger partial charge in [-0.1, -0.05) is 24.3 Å². The number of furan rings is 1. The van der Waals surface area contributed by atoms with Crippen LogP contribution >= 0.6 is 0 Å². The number of hydrogen-bond donors (Lipinski definition) is 0. The monoisotopic (exact) mass is 256 g/mol. The molecule has 1 aromatic heterocycles. The molecular formula is C16H16O3. The summed E-state index contributed by atoms with van der Waals surface area (Å²) in [5.41, 5.74) is 3.09. The second-order valence-electron chi connectivity index (χ2n) is 4.83. The first-order valence-corrected chi connectivity index (χ1v) is 6.52. The Morgan fingerprint density at radius 3 is 2.95 bits per heavy atom. The molecule has 0 spiro atoms. The highest BCUT2D eigenvalue weighted by atomic mass is 16.5. The molecule has 1 aliphatic heterocycles. The lowest BCUT2D eigenvalue weighted by Gasteiger charge is -2.25. The van der Waals surface area contributed by atoms with Crippen molar-refractivity contribution in [3.05, 3.63) is 59.0 Å². The Labute approximate surface area is 112 Å². The molecule has 1 atom stereocenters. The molecule has 0 N–H and O–H groups in total. The van der Waals surface area contributed by atoms with E-state index in [2.05, 4.69) is 12.1 Å². The van der Waals surface area contributed by atoms with E-state index in [1.807, 2.05) is 19.1 Å². The van der Waals surface area contributed by atoms with Crippen LogP contribution in [0.2, 0.25) is 0 Å². The number of ketones is 1. The SMILES string of the molecule is Cc1occc1C(=O)CC1OCCc2ccccc21. The van der Waals surface area contributed by atoms with Gasteiger partial charge in [-0.25, -0.2) is 0 Å². The number of Topliss-reactive ketones (excluding diaryl/α,β-unsaturated/α-hetero) is 1. The molecule has 0 radical (unpaired) electrons. The standard InChI is InChI=1S/C16H16O3/c1-11-13(7-9-18-11)15(17)10-16-14-5-3-2-4-12(14)6-8-19-16/h2-5,7,9,16H,6,8,10H2,1H3. The van der Waals surface area contributed by atoms with Gasteiger partial charge in [0.25, 0.3) is 0 Å². The Kier molecular flexibility index (Phi) is 3.22. The fourth-order valence-electron chi connectivity index (χ4n) is 2.60. The van der Waals surface area contributed by atoms with Crippen LogP contribution in [0.3, 0.4) is 0 Å². The third kappa shape index (κ3) is 2.34. The number of carbonyl (C=O) groups is 1. The van der Waals surface area contributed by atoms with Crippen molar-refractivity contribution in [3.8, 4) is 0 Å². The molecule has 0 aliphatic carbocycles. The number of rotatable bonds is 3. The summed E-state index contributed by atoms with van der Waals surface area (Å²) in [5, 5.41) is 0. The second kappa shape index (κ2) is 5.02. The maximum absolute atomic E-state index is 12.3. The van der Waals surface area contributed by atoms with E-state index in [-0.39, 0.29) is 11.9 Å². The fourth-order valence-corrected chi connectivity index (χ4v) is 2.60. The van der Waals surface area contributed by atoms with E-state index in [4.69, 9.17) is 9.15 Å². The number of carbonyl (C=O) groups excluding carboxylic acids is 1. The summed E-state index contributed by atoms with van der Waals surface area (Å²) in [6.45, 7) is 2.49. The number of ether oxygens (including phenoxy) is 1. The van der Waals surface area contributed by atoms with Crippen molar-refractivity contribution in [1.29, 1.82) is 0 Å². The van der Waals surface area contributed by atoms with Crippen LogP contribution in [0.15, 0.2) is 41.0 Å². The lowest BCUT2D eigenvalue weighted by atomic mass is 9.93. The summed E-state index contributed by atoms with van der Waals surface area (Å²) in [5.74, 6) is 0.752. The molecule has 2 aromatic rings. The topological polar surface area (TPSA) is 39.4 Å². The molecule has 1 unspecified atom stereocenters. The first kappa shape index (κ1) is 12.2. The molecular weight excluding hydrogens is 240 g/mol. The van der Waals surface area contributed by atoms with Crippen molar-refractivity contribution >= 4 is 5.78 Å². The second-order valence-corrected chi connectivity index (χ2v) is 4.83. The Morgan fingerprint density at radius 2 is 2.16 bits per heavy atom. The minimum Gasteiger partial charge on any atom is -0.469 e. The highest BCUT2D eigenvalue weighted by Crippen LogP contribution is 2.30. The Balaban J connectivity index is 1.82. The van der Waals surface area contributed by atoms with Gasteiger partial charge in [-0.15, -0.1) is 0 Å². The van der Waals surface area contributed by atoms with Gasteiger partial charge in [0.15, 0.2) is 5.78 Å². The van der Waals surface area contributed by atoms with Gasteiger partial charge in [-0.2, -0.15) is 0 Å². The minimum atomic E-state index is -0.133. The van der Waals surface area contributed by atoms with Crippen LogP contribution in [0.1, 0.15) is 39.8 Å². The van der Waals surface area contributed by atoms with Gasteiger partial charge >= 0.3 is 0 Å². The number of hydrogen-bond acceptors (Lipinski definition) is 3. The number of fused-ring (bicyclic) bond motifs is 1. The van der Waals surface area contributed by atoms with Crippen molar-refractivity contribution in [1.82, 2.24) is 0 Å². The van der Waals surface area contributed by atoms with Gasteiger partial charge < -0.3 is 9.15 Å². The molecule has 0 saturated carbocycles. The lowest BCUT2D eigenvalue weighted by Crippen LogP contribution is -2.19. The molecule has 1 aliphatic rings. The zero-order valence-electron chi connectivity index (χ0n) is 10.9. The summed E-state index contributed by atoms with van der Waals surface area (Å²) in [7, 11) is 0. The van der Waals surface area contributed by atoms with E-state index < -0.39 is 0 Å². The Hall–Kier alpha value is -1.87. The third-order valence-electron chi connectivity index (χ3n) is 3.62. The van der Waals surface area contributed by atoms with Crippen molar-refractivity contribution in [2.45, 2.75) is 25.9 Å². The molecule has 19 heavy (non-hydrogen) atoms. The Bertz CT molecular complexity index is 598. The summed E-state index contributed by atoms with van der Waals surface area (Å²) in [6, 6.07) is 9.91. The zero-order valence-corrected chi connectivity index (χ0v) is 10.9. The predicted molar refractivity (Wildman–Crippen MR) is 71.2 cm³/mol. The van der Waals surface area contributed by atoms with Crippen LogP contribution in [0.25, 0.3) is 0 Å². The minimum absolute atomic E-state index is 0.0768. The molecule has 3 rings (SSSR count). The van der Waals surface area contributed by atoms with Gasteiger partial charge in [0.1, 0.15) is 5.76 Å². The molecule has 0 amide bonds.